The number of fused-ring (bicyclic) bond motifs is 1. The number of hydrogen-bond donors (Lipinski definition) is 0. The molecule has 3 heterocycles. The van der Waals surface area contributed by atoms with Crippen molar-refractivity contribution in [3.05, 3.63) is 91.6 Å². The first-order valence-corrected chi connectivity index (χ1v) is 12.3. The van der Waals surface area contributed by atoms with Gasteiger partial charge in [0.05, 0.1) is 17.6 Å². The lowest BCUT2D eigenvalue weighted by Gasteiger charge is -2.08. The van der Waals surface area contributed by atoms with E-state index in [-0.39, 0.29) is 4.90 Å². The van der Waals surface area contributed by atoms with Crippen molar-refractivity contribution >= 4 is 15.5 Å². The summed E-state index contributed by atoms with van der Waals surface area (Å²) in [6, 6.07) is 18.7. The summed E-state index contributed by atoms with van der Waals surface area (Å²) < 4.78 is 33.4. The highest BCUT2D eigenvalue weighted by Crippen LogP contribution is 2.28. The minimum absolute atomic E-state index is 0.270. The van der Waals surface area contributed by atoms with Crippen LogP contribution in [-0.2, 0) is 16.4 Å². The Kier molecular flexibility index (Phi) is 5.43. The zero-order chi connectivity index (χ0) is 22.8. The molecule has 0 spiro atoms. The first-order valence-electron chi connectivity index (χ1n) is 10.5. The average molecular weight is 459 g/mol. The lowest BCUT2D eigenvalue weighted by Crippen LogP contribution is -2.06. The molecule has 3 aromatic heterocycles. The largest absolute Gasteiger partial charge is 0.492 e. The molecule has 0 unspecified atom stereocenters. The molecular weight excluding hydrogens is 436 g/mol. The van der Waals surface area contributed by atoms with Gasteiger partial charge in [-0.1, -0.05) is 24.3 Å². The van der Waals surface area contributed by atoms with Gasteiger partial charge in [-0.3, -0.25) is 0 Å². The van der Waals surface area contributed by atoms with E-state index in [9.17, 15) is 8.42 Å². The molecule has 2 aromatic carbocycles. The Bertz CT molecular complexity index is 1510. The average Bonchev–Trinajstić information content (AvgIpc) is 3.49. The van der Waals surface area contributed by atoms with Crippen LogP contribution >= 0.6 is 0 Å². The number of nitrogens with zero attached hydrogens (tertiary/aromatic N) is 4. The van der Waals surface area contributed by atoms with E-state index in [1.807, 2.05) is 61.1 Å². The maximum Gasteiger partial charge on any atom is 0.175 e. The second-order valence-electron chi connectivity index (χ2n) is 7.76. The number of aromatic nitrogens is 4. The van der Waals surface area contributed by atoms with Crippen LogP contribution in [0.25, 0.3) is 27.9 Å². The lowest BCUT2D eigenvalue weighted by molar-refractivity contribution is 0.298. The minimum Gasteiger partial charge on any atom is -0.492 e. The summed E-state index contributed by atoms with van der Waals surface area (Å²) in [7, 11) is -3.29. The van der Waals surface area contributed by atoms with Gasteiger partial charge in [-0.25, -0.2) is 17.9 Å². The van der Waals surface area contributed by atoms with Crippen LogP contribution in [0.4, 0.5) is 0 Å². The number of benzene rings is 2. The second kappa shape index (κ2) is 8.55. The molecule has 8 heteroatoms. The predicted octanol–water partition coefficient (Wildman–Crippen LogP) is 4.35. The molecule has 166 valence electrons. The molecule has 0 aliphatic rings. The summed E-state index contributed by atoms with van der Waals surface area (Å²) in [5, 5.41) is 4.43. The van der Waals surface area contributed by atoms with E-state index in [0.717, 1.165) is 34.5 Å². The van der Waals surface area contributed by atoms with Gasteiger partial charge >= 0.3 is 0 Å². The highest BCUT2D eigenvalue weighted by Gasteiger charge is 2.13. The second-order valence-corrected chi connectivity index (χ2v) is 9.78. The SMILES string of the molecule is CS(=O)(=O)c1cccc(-c2cnn3cc(-c4ccc(OCCn5cccc5)cc4)cnc23)c1. The Labute approximate surface area is 191 Å². The molecule has 0 saturated heterocycles. The quantitative estimate of drug-likeness (QED) is 0.362. The highest BCUT2D eigenvalue weighted by atomic mass is 32.2. The third-order valence-corrected chi connectivity index (χ3v) is 6.51. The van der Waals surface area contributed by atoms with Gasteiger partial charge < -0.3 is 9.30 Å². The molecule has 0 radical (unpaired) electrons. The molecule has 0 N–H and O–H groups in total. The summed E-state index contributed by atoms with van der Waals surface area (Å²) in [5.74, 6) is 0.812. The van der Waals surface area contributed by atoms with Gasteiger partial charge in [0.1, 0.15) is 12.4 Å². The van der Waals surface area contributed by atoms with E-state index in [0.29, 0.717) is 12.3 Å². The van der Waals surface area contributed by atoms with Gasteiger partial charge in [0, 0.05) is 42.2 Å². The molecule has 0 saturated carbocycles. The molecule has 0 bridgehead atoms. The van der Waals surface area contributed by atoms with Crippen LogP contribution < -0.4 is 4.74 Å². The van der Waals surface area contributed by atoms with Gasteiger partial charge in [0.2, 0.25) is 0 Å². The first kappa shape index (κ1) is 21.0. The Balaban J connectivity index is 1.35. The number of hydrogen-bond acceptors (Lipinski definition) is 5. The van der Waals surface area contributed by atoms with Crippen LogP contribution in [0.3, 0.4) is 0 Å². The monoisotopic (exact) mass is 458 g/mol. The Morgan fingerprint density at radius 3 is 2.45 bits per heavy atom. The molecule has 7 nitrogen and oxygen atoms in total. The van der Waals surface area contributed by atoms with Crippen LogP contribution in [0.5, 0.6) is 5.75 Å². The van der Waals surface area contributed by atoms with Gasteiger partial charge in [0.25, 0.3) is 0 Å². The van der Waals surface area contributed by atoms with Crippen molar-refractivity contribution < 1.29 is 13.2 Å². The zero-order valence-corrected chi connectivity index (χ0v) is 18.8. The summed E-state index contributed by atoms with van der Waals surface area (Å²) >= 11 is 0. The molecule has 5 rings (SSSR count). The van der Waals surface area contributed by atoms with Crippen molar-refractivity contribution in [3.63, 3.8) is 0 Å². The Hall–Kier alpha value is -3.91. The maximum absolute atomic E-state index is 11.9. The number of rotatable bonds is 7. The van der Waals surface area contributed by atoms with Crippen molar-refractivity contribution in [2.75, 3.05) is 12.9 Å². The van der Waals surface area contributed by atoms with Crippen molar-refractivity contribution in [1.82, 2.24) is 19.2 Å². The summed E-state index contributed by atoms with van der Waals surface area (Å²) in [6.45, 7) is 1.39. The fourth-order valence-corrected chi connectivity index (χ4v) is 4.32. The third-order valence-electron chi connectivity index (χ3n) is 5.40. The first-order chi connectivity index (χ1) is 16.0. The molecule has 0 aliphatic carbocycles. The summed E-state index contributed by atoms with van der Waals surface area (Å²) in [4.78, 5) is 4.87. The smallest absolute Gasteiger partial charge is 0.175 e. The molecule has 0 atom stereocenters. The fourth-order valence-electron chi connectivity index (χ4n) is 3.65. The van der Waals surface area contributed by atoms with Crippen LogP contribution in [0.1, 0.15) is 0 Å². The molecule has 0 fully saturated rings. The predicted molar refractivity (Wildman–Crippen MR) is 127 cm³/mol. The number of ether oxygens (including phenoxy) is 1. The minimum atomic E-state index is -3.29. The van der Waals surface area contributed by atoms with E-state index >= 15 is 0 Å². The number of sulfone groups is 1. The van der Waals surface area contributed by atoms with Gasteiger partial charge in [-0.2, -0.15) is 5.10 Å². The van der Waals surface area contributed by atoms with Gasteiger partial charge in [0.15, 0.2) is 15.5 Å². The lowest BCUT2D eigenvalue weighted by atomic mass is 10.1. The molecule has 0 aliphatic heterocycles. The van der Waals surface area contributed by atoms with Crippen molar-refractivity contribution in [1.29, 1.82) is 0 Å². The third kappa shape index (κ3) is 4.51. The zero-order valence-electron chi connectivity index (χ0n) is 18.0. The summed E-state index contributed by atoms with van der Waals surface area (Å²) in [5.41, 5.74) is 4.11. The Morgan fingerprint density at radius 2 is 1.70 bits per heavy atom. The molecule has 5 aromatic rings. The van der Waals surface area contributed by atoms with E-state index in [1.54, 1.807) is 35.1 Å². The normalized spacial score (nSPS) is 11.7. The van der Waals surface area contributed by atoms with Crippen LogP contribution in [0.2, 0.25) is 0 Å². The van der Waals surface area contributed by atoms with Crippen LogP contribution in [0, 0.1) is 0 Å². The van der Waals surface area contributed by atoms with Crippen LogP contribution in [0.15, 0.2) is 96.5 Å². The van der Waals surface area contributed by atoms with Crippen LogP contribution in [-0.4, -0.2) is 40.4 Å². The van der Waals surface area contributed by atoms with Crippen molar-refractivity contribution in [3.8, 4) is 28.0 Å². The molecule has 0 amide bonds. The fraction of sp³-hybridized carbons (Fsp3) is 0.120. The molecular formula is C25H22N4O3S. The topological polar surface area (TPSA) is 78.5 Å². The van der Waals surface area contributed by atoms with E-state index in [1.165, 1.54) is 6.26 Å². The van der Waals surface area contributed by atoms with E-state index in [4.69, 9.17) is 4.74 Å². The molecule has 33 heavy (non-hydrogen) atoms. The Morgan fingerprint density at radius 1 is 0.909 bits per heavy atom. The highest BCUT2D eigenvalue weighted by molar-refractivity contribution is 7.90. The van der Waals surface area contributed by atoms with Gasteiger partial charge in [-0.05, 0) is 47.5 Å². The van der Waals surface area contributed by atoms with Gasteiger partial charge in [-0.15, -0.1) is 0 Å². The van der Waals surface area contributed by atoms with E-state index in [2.05, 4.69) is 14.6 Å². The van der Waals surface area contributed by atoms with Crippen molar-refractivity contribution in [2.24, 2.45) is 0 Å². The standard InChI is InChI=1S/C25H22N4O3S/c1-33(30,31)23-6-4-5-20(15-23)24-17-27-29-18-21(16-26-25(24)29)19-7-9-22(10-8-19)32-14-13-28-11-2-3-12-28/h2-12,15-18H,13-14H2,1H3. The van der Waals surface area contributed by atoms with E-state index < -0.39 is 9.84 Å². The summed E-state index contributed by atoms with van der Waals surface area (Å²) in [6.07, 6.45) is 10.6. The maximum atomic E-state index is 11.9. The van der Waals surface area contributed by atoms with Crippen molar-refractivity contribution in [2.45, 2.75) is 11.4 Å².